The van der Waals surface area contributed by atoms with Crippen molar-refractivity contribution in [3.05, 3.63) is 41.3 Å². The summed E-state index contributed by atoms with van der Waals surface area (Å²) in [4.78, 5) is 24.7. The molecule has 0 fully saturated rings. The number of halogens is 2. The first-order valence-electron chi connectivity index (χ1n) is 9.79. The van der Waals surface area contributed by atoms with Crippen molar-refractivity contribution in [1.29, 1.82) is 0 Å². The molecule has 2 aromatic heterocycles. The normalized spacial score (nSPS) is 17.4. The number of carbonyl (C=O) groups is 1. The summed E-state index contributed by atoms with van der Waals surface area (Å²) in [5, 5.41) is 0.698. The van der Waals surface area contributed by atoms with Crippen LogP contribution in [0.3, 0.4) is 0 Å². The van der Waals surface area contributed by atoms with Crippen LogP contribution >= 0.6 is 22.9 Å². The van der Waals surface area contributed by atoms with Gasteiger partial charge >= 0.3 is 5.43 Å². The minimum atomic E-state index is -0.925. The molecule has 2 aromatic carbocycles. The molecule has 0 saturated carbocycles. The zero-order valence-corrected chi connectivity index (χ0v) is 18.9. The molecular weight excluding hydrogens is 457 g/mol. The highest BCUT2D eigenvalue weighted by molar-refractivity contribution is 7.22. The predicted octanol–water partition coefficient (Wildman–Crippen LogP) is 5.60. The predicted molar refractivity (Wildman–Crippen MR) is 119 cm³/mol. The van der Waals surface area contributed by atoms with Gasteiger partial charge in [-0.1, -0.05) is 6.92 Å². The molecule has 1 aliphatic heterocycles. The summed E-state index contributed by atoms with van der Waals surface area (Å²) in [6, 6.07) is 5.28. The van der Waals surface area contributed by atoms with E-state index in [2.05, 4.69) is 9.97 Å². The number of fused-ring (bicyclic) bond motifs is 4. The van der Waals surface area contributed by atoms with Crippen LogP contribution in [-0.2, 0) is 4.74 Å². The standard InChI is InChI=1S/C22H17ClFN3O4S/c1-9-4-11(18-13(5-9)26-16(29-3)7-25-18)21-27-14-6-12(24)19-17(20(14)32-21)10(2)15(31-19)8-30-22(23)28/h4-7,10,15H,8H2,1-3H3/t10-,15-/m0/s1. The molecule has 10 heteroatoms. The van der Waals surface area contributed by atoms with Crippen molar-refractivity contribution in [3.63, 3.8) is 0 Å². The zero-order chi connectivity index (χ0) is 22.6. The Labute approximate surface area is 191 Å². The number of rotatable bonds is 4. The van der Waals surface area contributed by atoms with Crippen LogP contribution in [0.2, 0.25) is 0 Å². The number of aryl methyl sites for hydroxylation is 1. The van der Waals surface area contributed by atoms with E-state index in [0.29, 0.717) is 33.0 Å². The van der Waals surface area contributed by atoms with E-state index in [4.69, 9.17) is 30.8 Å². The second-order valence-corrected chi connectivity index (χ2v) is 8.86. The smallest absolute Gasteiger partial charge is 0.403 e. The molecule has 0 saturated heterocycles. The van der Waals surface area contributed by atoms with E-state index >= 15 is 0 Å². The van der Waals surface area contributed by atoms with E-state index in [0.717, 1.165) is 15.8 Å². The SMILES string of the molecule is COc1cnc2c(-c3nc4cc(F)c5c(c4s3)[C@@H](C)[C@H](COC(=O)Cl)O5)cc(C)cc2n1. The minimum Gasteiger partial charge on any atom is -0.483 e. The van der Waals surface area contributed by atoms with Crippen LogP contribution in [0.25, 0.3) is 31.8 Å². The fraction of sp³-hybridized carbons (Fsp3) is 0.273. The summed E-state index contributed by atoms with van der Waals surface area (Å²) in [6.07, 6.45) is 1.03. The highest BCUT2D eigenvalue weighted by atomic mass is 35.5. The van der Waals surface area contributed by atoms with E-state index < -0.39 is 17.3 Å². The van der Waals surface area contributed by atoms with Gasteiger partial charge in [0, 0.05) is 34.7 Å². The van der Waals surface area contributed by atoms with Gasteiger partial charge < -0.3 is 14.2 Å². The molecule has 3 heterocycles. The number of ether oxygens (including phenoxy) is 3. The molecule has 32 heavy (non-hydrogen) atoms. The molecule has 0 spiro atoms. The number of hydrogen-bond donors (Lipinski definition) is 0. The Kier molecular flexibility index (Phi) is 5.10. The van der Waals surface area contributed by atoms with E-state index in [1.807, 2.05) is 26.0 Å². The van der Waals surface area contributed by atoms with Crippen molar-refractivity contribution < 1.29 is 23.4 Å². The summed E-state index contributed by atoms with van der Waals surface area (Å²) in [6.45, 7) is 3.80. The Morgan fingerprint density at radius 3 is 2.84 bits per heavy atom. The topological polar surface area (TPSA) is 83.4 Å². The highest BCUT2D eigenvalue weighted by Crippen LogP contribution is 2.47. The summed E-state index contributed by atoms with van der Waals surface area (Å²) >= 11 is 6.71. The van der Waals surface area contributed by atoms with Gasteiger partial charge in [0.25, 0.3) is 0 Å². The van der Waals surface area contributed by atoms with E-state index in [9.17, 15) is 9.18 Å². The molecular formula is C22H17ClFN3O4S. The van der Waals surface area contributed by atoms with Gasteiger partial charge in [0.15, 0.2) is 11.6 Å². The van der Waals surface area contributed by atoms with Crippen molar-refractivity contribution in [1.82, 2.24) is 15.0 Å². The van der Waals surface area contributed by atoms with Crippen molar-refractivity contribution in [2.75, 3.05) is 13.7 Å². The summed E-state index contributed by atoms with van der Waals surface area (Å²) in [5.74, 6) is -0.136. The van der Waals surface area contributed by atoms with Crippen LogP contribution in [0.5, 0.6) is 11.6 Å². The van der Waals surface area contributed by atoms with E-state index in [1.165, 1.54) is 17.4 Å². The molecule has 4 aromatic rings. The number of benzene rings is 2. The largest absolute Gasteiger partial charge is 0.483 e. The van der Waals surface area contributed by atoms with Gasteiger partial charge in [-0.05, 0) is 24.6 Å². The second-order valence-electron chi connectivity index (χ2n) is 7.55. The van der Waals surface area contributed by atoms with Crippen molar-refractivity contribution in [2.45, 2.75) is 25.9 Å². The first-order valence-corrected chi connectivity index (χ1v) is 11.0. The molecule has 0 aliphatic carbocycles. The van der Waals surface area contributed by atoms with Gasteiger partial charge in [-0.2, -0.15) is 0 Å². The van der Waals surface area contributed by atoms with Gasteiger partial charge in [0.2, 0.25) is 5.88 Å². The Morgan fingerprint density at radius 1 is 1.28 bits per heavy atom. The van der Waals surface area contributed by atoms with Crippen molar-refractivity contribution in [2.24, 2.45) is 0 Å². The number of aromatic nitrogens is 3. The third-order valence-corrected chi connectivity index (χ3v) is 6.72. The fourth-order valence-corrected chi connectivity index (χ4v) is 5.23. The minimum absolute atomic E-state index is 0.0648. The molecule has 0 unspecified atom stereocenters. The quantitative estimate of drug-likeness (QED) is 0.356. The molecule has 0 N–H and O–H groups in total. The van der Waals surface area contributed by atoms with Crippen LogP contribution in [0.15, 0.2) is 24.4 Å². The zero-order valence-electron chi connectivity index (χ0n) is 17.3. The van der Waals surface area contributed by atoms with Crippen molar-refractivity contribution in [3.8, 4) is 22.2 Å². The van der Waals surface area contributed by atoms with Crippen LogP contribution < -0.4 is 9.47 Å². The molecule has 2 atom stereocenters. The van der Waals surface area contributed by atoms with Gasteiger partial charge in [-0.25, -0.2) is 24.1 Å². The lowest BCUT2D eigenvalue weighted by Gasteiger charge is -2.14. The molecule has 1 aliphatic rings. The van der Waals surface area contributed by atoms with Crippen LogP contribution in [0.1, 0.15) is 24.0 Å². The lowest BCUT2D eigenvalue weighted by Crippen LogP contribution is -2.24. The molecule has 0 amide bonds. The van der Waals surface area contributed by atoms with Crippen LogP contribution in [0, 0.1) is 12.7 Å². The number of thiazole rings is 1. The summed E-state index contributed by atoms with van der Waals surface area (Å²) in [7, 11) is 1.54. The fourth-order valence-electron chi connectivity index (χ4n) is 3.96. The van der Waals surface area contributed by atoms with Crippen LogP contribution in [-0.4, -0.2) is 40.2 Å². The van der Waals surface area contributed by atoms with E-state index in [1.54, 1.807) is 13.3 Å². The first-order chi connectivity index (χ1) is 15.4. The van der Waals surface area contributed by atoms with Crippen LogP contribution in [0.4, 0.5) is 9.18 Å². The third-order valence-electron chi connectivity index (χ3n) is 5.47. The molecule has 164 valence electrons. The Bertz CT molecular complexity index is 1390. The number of carbonyl (C=O) groups excluding carboxylic acids is 1. The molecule has 0 radical (unpaired) electrons. The summed E-state index contributed by atoms with van der Waals surface area (Å²) < 4.78 is 31.5. The first kappa shape index (κ1) is 20.8. The lowest BCUT2D eigenvalue weighted by molar-refractivity contribution is 0.0969. The molecule has 5 rings (SSSR count). The third kappa shape index (κ3) is 3.41. The van der Waals surface area contributed by atoms with Crippen molar-refractivity contribution >= 4 is 49.6 Å². The maximum atomic E-state index is 14.8. The average Bonchev–Trinajstić information content (AvgIpc) is 3.32. The van der Waals surface area contributed by atoms with Gasteiger partial charge in [0.05, 0.1) is 34.6 Å². The van der Waals surface area contributed by atoms with Gasteiger partial charge in [0.1, 0.15) is 17.7 Å². The Balaban J connectivity index is 1.64. The lowest BCUT2D eigenvalue weighted by atomic mass is 9.97. The highest BCUT2D eigenvalue weighted by Gasteiger charge is 2.37. The number of hydrogen-bond acceptors (Lipinski definition) is 8. The Hall–Kier alpha value is -3.04. The maximum Gasteiger partial charge on any atom is 0.403 e. The number of nitrogens with zero attached hydrogens (tertiary/aromatic N) is 3. The van der Waals surface area contributed by atoms with E-state index in [-0.39, 0.29) is 18.3 Å². The number of methoxy groups -OCH3 is 1. The monoisotopic (exact) mass is 473 g/mol. The van der Waals surface area contributed by atoms with Gasteiger partial charge in [-0.15, -0.1) is 11.3 Å². The average molecular weight is 474 g/mol. The maximum absolute atomic E-state index is 14.8. The van der Waals surface area contributed by atoms with Gasteiger partial charge in [-0.3, -0.25) is 0 Å². The molecule has 0 bridgehead atoms. The summed E-state index contributed by atoms with van der Waals surface area (Å²) in [5.41, 5.74) is 3.49. The second kappa shape index (κ2) is 7.83. The Morgan fingerprint density at radius 2 is 2.09 bits per heavy atom. The molecule has 7 nitrogen and oxygen atoms in total.